The van der Waals surface area contributed by atoms with E-state index in [1.807, 2.05) is 6.07 Å². The van der Waals surface area contributed by atoms with Crippen molar-refractivity contribution in [2.24, 2.45) is 0 Å². The van der Waals surface area contributed by atoms with Crippen LogP contribution in [0.3, 0.4) is 0 Å². The summed E-state index contributed by atoms with van der Waals surface area (Å²) in [4.78, 5) is 27.6. The molecule has 0 bridgehead atoms. The Morgan fingerprint density at radius 2 is 1.84 bits per heavy atom. The van der Waals surface area contributed by atoms with Crippen LogP contribution >= 0.6 is 0 Å². The number of anilines is 2. The molecule has 0 saturated carbocycles. The monoisotopic (exact) mass is 343 g/mol. The first-order valence-corrected chi connectivity index (χ1v) is 8.21. The molecule has 1 rings (SSSR count). The largest absolute Gasteiger partial charge is 0.399 e. The van der Waals surface area contributed by atoms with Gasteiger partial charge in [0.15, 0.2) is 0 Å². The molecule has 0 saturated heterocycles. The molecule has 134 valence electrons. The molecule has 2 amide bonds. The van der Waals surface area contributed by atoms with Crippen molar-refractivity contribution in [1.82, 2.24) is 10.2 Å². The van der Waals surface area contributed by atoms with Crippen molar-refractivity contribution in [1.29, 1.82) is 5.26 Å². The Balaban J connectivity index is 2.86. The predicted molar refractivity (Wildman–Crippen MR) is 98.5 cm³/mol. The lowest BCUT2D eigenvalue weighted by molar-refractivity contribution is -0.123. The van der Waals surface area contributed by atoms with Gasteiger partial charge in [-0.25, -0.2) is 4.90 Å². The number of carbonyl (C=O) groups excluding carboxylic acids is 2. The molecule has 7 heteroatoms. The molecule has 0 fully saturated rings. The highest BCUT2D eigenvalue weighted by Gasteiger charge is 2.23. The highest BCUT2D eigenvalue weighted by molar-refractivity contribution is 6.21. The molecule has 7 nitrogen and oxygen atoms in total. The number of hydrogen-bond acceptors (Lipinski definition) is 6. The molecule has 1 aromatic rings. The molecule has 1 aromatic carbocycles. The zero-order valence-corrected chi connectivity index (χ0v) is 15.0. The van der Waals surface area contributed by atoms with Crippen LogP contribution in [0, 0.1) is 11.3 Å². The fraction of sp³-hybridized carbons (Fsp3) is 0.389. The van der Waals surface area contributed by atoms with Gasteiger partial charge < -0.3 is 16.0 Å². The van der Waals surface area contributed by atoms with E-state index in [0.29, 0.717) is 17.9 Å². The molecule has 3 N–H and O–H groups in total. The maximum absolute atomic E-state index is 12.6. The van der Waals surface area contributed by atoms with Gasteiger partial charge in [0, 0.05) is 31.9 Å². The van der Waals surface area contributed by atoms with Crippen LogP contribution in [0.15, 0.2) is 36.0 Å². The molecule has 0 aromatic heterocycles. The maximum Gasteiger partial charge on any atom is 0.277 e. The van der Waals surface area contributed by atoms with Gasteiger partial charge in [0.2, 0.25) is 5.91 Å². The lowest BCUT2D eigenvalue weighted by atomic mass is 10.2. The fourth-order valence-corrected chi connectivity index (χ4v) is 2.26. The molecule has 0 atom stereocenters. The van der Waals surface area contributed by atoms with Crippen molar-refractivity contribution in [3.63, 3.8) is 0 Å². The number of nitrogens with two attached hydrogens (primary N) is 1. The quantitative estimate of drug-likeness (QED) is 0.321. The van der Waals surface area contributed by atoms with Gasteiger partial charge >= 0.3 is 0 Å². The molecule has 25 heavy (non-hydrogen) atoms. The number of benzene rings is 1. The average molecular weight is 343 g/mol. The van der Waals surface area contributed by atoms with Crippen LogP contribution in [0.25, 0.3) is 0 Å². The van der Waals surface area contributed by atoms with E-state index < -0.39 is 11.8 Å². The van der Waals surface area contributed by atoms with Crippen molar-refractivity contribution < 1.29 is 9.59 Å². The highest BCUT2D eigenvalue weighted by atomic mass is 16.2. The molecule has 0 spiro atoms. The van der Waals surface area contributed by atoms with Crippen LogP contribution in [0.1, 0.15) is 20.8 Å². The molecular formula is C18H25N5O2. The number of nitrogens with zero attached hydrogens (tertiary/aromatic N) is 3. The zero-order chi connectivity index (χ0) is 18.8. The van der Waals surface area contributed by atoms with Gasteiger partial charge in [-0.15, -0.1) is 0 Å². The van der Waals surface area contributed by atoms with E-state index in [4.69, 9.17) is 5.73 Å². The van der Waals surface area contributed by atoms with E-state index in [0.717, 1.165) is 24.5 Å². The number of nitrogens with one attached hydrogen (secondary N) is 1. The van der Waals surface area contributed by atoms with Gasteiger partial charge in [0.1, 0.15) is 11.6 Å². The number of rotatable bonds is 8. The number of amides is 2. The second-order valence-corrected chi connectivity index (χ2v) is 5.40. The molecule has 0 aliphatic heterocycles. The van der Waals surface area contributed by atoms with Crippen LogP contribution < -0.4 is 16.0 Å². The third kappa shape index (κ3) is 5.94. The zero-order valence-electron chi connectivity index (χ0n) is 15.0. The van der Waals surface area contributed by atoms with Gasteiger partial charge in [0.05, 0.1) is 5.69 Å². The van der Waals surface area contributed by atoms with E-state index >= 15 is 0 Å². The number of nitriles is 1. The van der Waals surface area contributed by atoms with Crippen molar-refractivity contribution in [2.75, 3.05) is 36.8 Å². The van der Waals surface area contributed by atoms with E-state index in [9.17, 15) is 14.9 Å². The number of carbonyl (C=O) groups is 2. The van der Waals surface area contributed by atoms with Gasteiger partial charge in [-0.3, -0.25) is 9.59 Å². The molecule has 0 aliphatic rings. The van der Waals surface area contributed by atoms with E-state index in [1.54, 1.807) is 24.3 Å². The molecule has 0 heterocycles. The van der Waals surface area contributed by atoms with E-state index in [2.05, 4.69) is 24.1 Å². The average Bonchev–Trinajstić information content (AvgIpc) is 2.60. The Bertz CT molecular complexity index is 657. The number of likely N-dealkylation sites (N-methyl/N-ethyl adjacent to an activating group) is 1. The predicted octanol–water partition coefficient (Wildman–Crippen LogP) is 1.49. The van der Waals surface area contributed by atoms with Crippen LogP contribution in [-0.2, 0) is 9.59 Å². The van der Waals surface area contributed by atoms with E-state index in [-0.39, 0.29) is 5.57 Å². The number of imide groups is 1. The minimum atomic E-state index is -0.671. The minimum Gasteiger partial charge on any atom is -0.399 e. The lowest BCUT2D eigenvalue weighted by Crippen LogP contribution is -2.36. The van der Waals surface area contributed by atoms with Crippen molar-refractivity contribution in [3.8, 4) is 6.07 Å². The van der Waals surface area contributed by atoms with Gasteiger partial charge in [0.25, 0.3) is 5.91 Å². The summed E-state index contributed by atoms with van der Waals surface area (Å²) in [6.45, 7) is 8.67. The Kier molecular flexibility index (Phi) is 8.16. The Labute approximate surface area is 148 Å². The summed E-state index contributed by atoms with van der Waals surface area (Å²) in [6.07, 6.45) is 1.36. The van der Waals surface area contributed by atoms with Crippen LogP contribution in [-0.4, -0.2) is 42.9 Å². The first-order chi connectivity index (χ1) is 11.9. The standard InChI is InChI=1S/C18H25N5O2/c1-4-22(5-2)11-10-21-13-15(12-19)18(25)23(14(3)24)17-8-6-16(20)7-9-17/h6-9,13,21H,4-5,10-11,20H2,1-3H3/b15-13-. The summed E-state index contributed by atoms with van der Waals surface area (Å²) in [6, 6.07) is 8.17. The number of nitrogen functional groups attached to an aromatic ring is 1. The first-order valence-electron chi connectivity index (χ1n) is 8.21. The Morgan fingerprint density at radius 3 is 2.32 bits per heavy atom. The van der Waals surface area contributed by atoms with Crippen molar-refractivity contribution >= 4 is 23.2 Å². The smallest absolute Gasteiger partial charge is 0.277 e. The van der Waals surface area contributed by atoms with Crippen LogP contribution in [0.5, 0.6) is 0 Å². The SMILES string of the molecule is CCN(CC)CCN/C=C(/C#N)C(=O)N(C(C)=O)c1ccc(N)cc1. The summed E-state index contributed by atoms with van der Waals surface area (Å²) < 4.78 is 0. The van der Waals surface area contributed by atoms with Crippen LogP contribution in [0.4, 0.5) is 11.4 Å². The molecule has 0 radical (unpaired) electrons. The number of hydrogen-bond donors (Lipinski definition) is 2. The Hall–Kier alpha value is -2.85. The van der Waals surface area contributed by atoms with Gasteiger partial charge in [-0.1, -0.05) is 13.8 Å². The second kappa shape index (κ2) is 10.1. The molecular weight excluding hydrogens is 318 g/mol. The van der Waals surface area contributed by atoms with Crippen LogP contribution in [0.2, 0.25) is 0 Å². The molecule has 0 unspecified atom stereocenters. The summed E-state index contributed by atoms with van der Waals surface area (Å²) in [5.41, 5.74) is 6.39. The van der Waals surface area contributed by atoms with Gasteiger partial charge in [-0.05, 0) is 37.4 Å². The summed E-state index contributed by atoms with van der Waals surface area (Å²) in [5, 5.41) is 12.2. The summed E-state index contributed by atoms with van der Waals surface area (Å²) in [7, 11) is 0. The topological polar surface area (TPSA) is 102 Å². The minimum absolute atomic E-state index is 0.133. The molecule has 0 aliphatic carbocycles. The second-order valence-electron chi connectivity index (χ2n) is 5.40. The highest BCUT2D eigenvalue weighted by Crippen LogP contribution is 2.18. The first kappa shape index (κ1) is 20.2. The summed E-state index contributed by atoms with van der Waals surface area (Å²) >= 11 is 0. The normalized spacial score (nSPS) is 11.1. The lowest BCUT2D eigenvalue weighted by Gasteiger charge is -2.19. The Morgan fingerprint density at radius 1 is 1.24 bits per heavy atom. The van der Waals surface area contributed by atoms with E-state index in [1.165, 1.54) is 13.1 Å². The van der Waals surface area contributed by atoms with Crippen molar-refractivity contribution in [3.05, 3.63) is 36.0 Å². The third-order valence-electron chi connectivity index (χ3n) is 3.73. The maximum atomic E-state index is 12.6. The summed E-state index contributed by atoms with van der Waals surface area (Å²) in [5.74, 6) is -1.14. The third-order valence-corrected chi connectivity index (χ3v) is 3.73. The van der Waals surface area contributed by atoms with Gasteiger partial charge in [-0.2, -0.15) is 5.26 Å². The van der Waals surface area contributed by atoms with Crippen molar-refractivity contribution in [2.45, 2.75) is 20.8 Å². The fourth-order valence-electron chi connectivity index (χ4n) is 2.26.